The van der Waals surface area contributed by atoms with Crippen LogP contribution in [0.5, 0.6) is 5.75 Å². The molecule has 0 saturated carbocycles. The maximum absolute atomic E-state index is 9.45. The van der Waals surface area contributed by atoms with Crippen molar-refractivity contribution in [1.82, 2.24) is 0 Å². The van der Waals surface area contributed by atoms with Gasteiger partial charge in [0.05, 0.1) is 16.7 Å². The quantitative estimate of drug-likeness (QED) is 0.294. The molecule has 0 atom stereocenters. The Labute approximate surface area is 176 Å². The summed E-state index contributed by atoms with van der Waals surface area (Å²) in [5.41, 5.74) is 3.20. The van der Waals surface area contributed by atoms with Crippen LogP contribution in [-0.2, 0) is 6.61 Å². The molecule has 0 bridgehead atoms. The van der Waals surface area contributed by atoms with Crippen LogP contribution in [0.2, 0.25) is 10.0 Å². The molecule has 0 aromatic heterocycles. The van der Waals surface area contributed by atoms with Crippen LogP contribution in [-0.4, -0.2) is 0 Å². The Kier molecular flexibility index (Phi) is 6.58. The van der Waals surface area contributed by atoms with Gasteiger partial charge in [-0.1, -0.05) is 69.5 Å². The fourth-order valence-electron chi connectivity index (χ4n) is 2.44. The molecule has 3 aromatic carbocycles. The fraction of sp³-hybridized carbons (Fsp3) is 0.0455. The minimum atomic E-state index is 0.427. The Morgan fingerprint density at radius 2 is 1.70 bits per heavy atom. The Bertz CT molecular complexity index is 1010. The monoisotopic (exact) mass is 457 g/mol. The smallest absolute Gasteiger partial charge is 0.138 e. The molecule has 5 heteroatoms. The highest BCUT2D eigenvalue weighted by atomic mass is 79.9. The molecule has 0 aliphatic rings. The number of rotatable bonds is 5. The second-order valence-electron chi connectivity index (χ2n) is 5.78. The summed E-state index contributed by atoms with van der Waals surface area (Å²) in [6.45, 7) is 0.427. The van der Waals surface area contributed by atoms with Crippen molar-refractivity contribution in [2.45, 2.75) is 6.61 Å². The van der Waals surface area contributed by atoms with Crippen LogP contribution in [0.3, 0.4) is 0 Å². The Hall–Kier alpha value is -2.25. The van der Waals surface area contributed by atoms with Crippen LogP contribution in [0, 0.1) is 11.3 Å². The molecule has 0 aliphatic carbocycles. The fourth-order valence-corrected chi connectivity index (χ4v) is 3.08. The van der Waals surface area contributed by atoms with E-state index in [2.05, 4.69) is 22.0 Å². The molecule has 0 aliphatic heterocycles. The molecule has 0 N–H and O–H groups in total. The second-order valence-corrected chi connectivity index (χ2v) is 7.54. The Morgan fingerprint density at radius 1 is 1.00 bits per heavy atom. The van der Waals surface area contributed by atoms with Crippen LogP contribution in [0.1, 0.15) is 16.7 Å². The highest BCUT2D eigenvalue weighted by Crippen LogP contribution is 2.28. The molecule has 0 fully saturated rings. The minimum Gasteiger partial charge on any atom is -0.487 e. The molecule has 3 rings (SSSR count). The molecule has 3 aromatic rings. The number of hydrogen-bond donors (Lipinski definition) is 0. The van der Waals surface area contributed by atoms with Gasteiger partial charge in [-0.2, -0.15) is 5.26 Å². The molecule has 0 radical (unpaired) electrons. The molecule has 134 valence electrons. The molecular formula is C22H14BrCl2NO. The van der Waals surface area contributed by atoms with Gasteiger partial charge in [0, 0.05) is 9.50 Å². The summed E-state index contributed by atoms with van der Waals surface area (Å²) >= 11 is 15.7. The van der Waals surface area contributed by atoms with E-state index in [4.69, 9.17) is 27.9 Å². The van der Waals surface area contributed by atoms with Crippen molar-refractivity contribution >= 4 is 50.8 Å². The van der Waals surface area contributed by atoms with Crippen molar-refractivity contribution < 1.29 is 4.74 Å². The molecule has 0 heterocycles. The van der Waals surface area contributed by atoms with Gasteiger partial charge in [-0.25, -0.2) is 0 Å². The number of nitrogens with zero attached hydrogens (tertiary/aromatic N) is 1. The molecule has 27 heavy (non-hydrogen) atoms. The lowest BCUT2D eigenvalue weighted by molar-refractivity contribution is 0.306. The van der Waals surface area contributed by atoms with Gasteiger partial charge >= 0.3 is 0 Å². The SMILES string of the molecule is N#C/C(=C\c1ccc(OCc2ccc(Br)cc2)c(Cl)c1)c1ccc(Cl)cc1. The average molecular weight is 459 g/mol. The van der Waals surface area contributed by atoms with Crippen molar-refractivity contribution in [3.05, 3.63) is 97.9 Å². The van der Waals surface area contributed by atoms with Crippen molar-refractivity contribution in [3.63, 3.8) is 0 Å². The van der Waals surface area contributed by atoms with Crippen molar-refractivity contribution in [2.75, 3.05) is 0 Å². The predicted molar refractivity (Wildman–Crippen MR) is 115 cm³/mol. The van der Waals surface area contributed by atoms with Gasteiger partial charge in [0.15, 0.2) is 0 Å². The summed E-state index contributed by atoms with van der Waals surface area (Å²) in [5.74, 6) is 0.599. The van der Waals surface area contributed by atoms with E-state index in [9.17, 15) is 5.26 Å². The summed E-state index contributed by atoms with van der Waals surface area (Å²) in [4.78, 5) is 0. The molecule has 0 saturated heterocycles. The lowest BCUT2D eigenvalue weighted by Gasteiger charge is -2.09. The summed E-state index contributed by atoms with van der Waals surface area (Å²) in [5, 5.41) is 10.6. The van der Waals surface area contributed by atoms with E-state index < -0.39 is 0 Å². The van der Waals surface area contributed by atoms with Crippen molar-refractivity contribution in [1.29, 1.82) is 5.26 Å². The lowest BCUT2D eigenvalue weighted by Crippen LogP contribution is -1.96. The Balaban J connectivity index is 1.76. The van der Waals surface area contributed by atoms with Gasteiger partial charge in [0.1, 0.15) is 12.4 Å². The number of ether oxygens (including phenoxy) is 1. The number of allylic oxidation sites excluding steroid dienone is 1. The van der Waals surface area contributed by atoms with Gasteiger partial charge in [0.2, 0.25) is 0 Å². The first kappa shape index (κ1) is 19.5. The van der Waals surface area contributed by atoms with E-state index in [1.165, 1.54) is 0 Å². The van der Waals surface area contributed by atoms with Crippen LogP contribution in [0.4, 0.5) is 0 Å². The average Bonchev–Trinajstić information content (AvgIpc) is 2.67. The highest BCUT2D eigenvalue weighted by Gasteiger charge is 2.06. The zero-order chi connectivity index (χ0) is 19.2. The van der Waals surface area contributed by atoms with Crippen LogP contribution in [0.25, 0.3) is 11.6 Å². The zero-order valence-electron chi connectivity index (χ0n) is 14.1. The molecule has 0 unspecified atom stereocenters. The summed E-state index contributed by atoms with van der Waals surface area (Å²) in [7, 11) is 0. The molecule has 2 nitrogen and oxygen atoms in total. The number of hydrogen-bond acceptors (Lipinski definition) is 2. The van der Waals surface area contributed by atoms with Gasteiger partial charge in [-0.05, 0) is 59.2 Å². The number of benzene rings is 3. The van der Waals surface area contributed by atoms with E-state index in [0.29, 0.717) is 28.0 Å². The minimum absolute atomic E-state index is 0.427. The summed E-state index contributed by atoms with van der Waals surface area (Å²) < 4.78 is 6.82. The van der Waals surface area contributed by atoms with E-state index in [1.54, 1.807) is 24.3 Å². The number of halogens is 3. The molecular weight excluding hydrogens is 445 g/mol. The maximum Gasteiger partial charge on any atom is 0.138 e. The van der Waals surface area contributed by atoms with E-state index in [1.807, 2.05) is 48.5 Å². The first-order chi connectivity index (χ1) is 13.0. The number of nitriles is 1. The summed E-state index contributed by atoms with van der Waals surface area (Å²) in [6, 6.07) is 22.7. The van der Waals surface area contributed by atoms with Gasteiger partial charge in [-0.15, -0.1) is 0 Å². The van der Waals surface area contributed by atoms with Crippen LogP contribution in [0.15, 0.2) is 71.2 Å². The highest BCUT2D eigenvalue weighted by molar-refractivity contribution is 9.10. The van der Waals surface area contributed by atoms with Gasteiger partial charge in [-0.3, -0.25) is 0 Å². The van der Waals surface area contributed by atoms with E-state index >= 15 is 0 Å². The third kappa shape index (κ3) is 5.37. The van der Waals surface area contributed by atoms with Gasteiger partial charge in [0.25, 0.3) is 0 Å². The normalized spacial score (nSPS) is 11.1. The lowest BCUT2D eigenvalue weighted by atomic mass is 10.0. The van der Waals surface area contributed by atoms with Gasteiger partial charge < -0.3 is 4.74 Å². The maximum atomic E-state index is 9.45. The third-order valence-electron chi connectivity index (χ3n) is 3.85. The standard InChI is InChI=1S/C22H14BrCl2NO/c23-19-6-1-15(2-7-19)14-27-22-10-3-16(12-21(22)25)11-18(13-26)17-4-8-20(24)9-5-17/h1-12H,14H2/b18-11+. The van der Waals surface area contributed by atoms with Crippen LogP contribution >= 0.6 is 39.1 Å². The molecule has 0 spiro atoms. The predicted octanol–water partition coefficient (Wildman–Crippen LogP) is 7.40. The first-order valence-corrected chi connectivity index (χ1v) is 9.64. The van der Waals surface area contributed by atoms with E-state index in [0.717, 1.165) is 21.2 Å². The van der Waals surface area contributed by atoms with Crippen molar-refractivity contribution in [3.8, 4) is 11.8 Å². The zero-order valence-corrected chi connectivity index (χ0v) is 17.2. The largest absolute Gasteiger partial charge is 0.487 e. The Morgan fingerprint density at radius 3 is 2.33 bits per heavy atom. The van der Waals surface area contributed by atoms with E-state index in [-0.39, 0.29) is 0 Å². The van der Waals surface area contributed by atoms with Crippen molar-refractivity contribution in [2.24, 2.45) is 0 Å². The second kappa shape index (κ2) is 9.10. The van der Waals surface area contributed by atoms with Crippen LogP contribution < -0.4 is 4.74 Å². The third-order valence-corrected chi connectivity index (χ3v) is 4.93. The first-order valence-electron chi connectivity index (χ1n) is 8.10. The topological polar surface area (TPSA) is 33.0 Å². The summed E-state index contributed by atoms with van der Waals surface area (Å²) in [6.07, 6.45) is 1.79. The molecule has 0 amide bonds.